The van der Waals surface area contributed by atoms with Crippen LogP contribution in [0, 0.1) is 11.8 Å². The zero-order valence-electron chi connectivity index (χ0n) is 15.6. The minimum atomic E-state index is -0.797. The lowest BCUT2D eigenvalue weighted by Crippen LogP contribution is -2.40. The van der Waals surface area contributed by atoms with Crippen LogP contribution in [0.15, 0.2) is 85.0 Å². The molecule has 2 nitrogen and oxygen atoms in total. The van der Waals surface area contributed by atoms with E-state index in [4.69, 9.17) is 4.52 Å². The van der Waals surface area contributed by atoms with E-state index in [1.165, 1.54) is 10.6 Å². The molecule has 136 valence electrons. The van der Waals surface area contributed by atoms with Gasteiger partial charge in [-0.25, -0.2) is 0 Å². The topological polar surface area (TPSA) is 21.3 Å². The molecule has 26 heavy (non-hydrogen) atoms. The van der Waals surface area contributed by atoms with Crippen molar-refractivity contribution in [1.29, 1.82) is 0 Å². The Balaban J connectivity index is 1.67. The Hall–Kier alpha value is -1.73. The van der Waals surface area contributed by atoms with Gasteiger partial charge in [0.1, 0.15) is 0 Å². The van der Waals surface area contributed by atoms with Gasteiger partial charge in [0.15, 0.2) is 0 Å². The third kappa shape index (κ3) is 5.38. The fourth-order valence-electron chi connectivity index (χ4n) is 2.97. The Morgan fingerprint density at radius 3 is 1.92 bits per heavy atom. The summed E-state index contributed by atoms with van der Waals surface area (Å²) in [6.45, 7) is 6.20. The second-order valence-electron chi connectivity index (χ2n) is 6.95. The number of hydrogen-bond donors (Lipinski definition) is 1. The molecule has 0 saturated heterocycles. The first-order chi connectivity index (χ1) is 12.7. The summed E-state index contributed by atoms with van der Waals surface area (Å²) in [6.07, 6.45) is 8.73. The maximum absolute atomic E-state index is 6.52. The molecule has 1 aliphatic rings. The van der Waals surface area contributed by atoms with Crippen molar-refractivity contribution in [2.45, 2.75) is 19.9 Å². The van der Waals surface area contributed by atoms with Crippen molar-refractivity contribution in [3.8, 4) is 0 Å². The van der Waals surface area contributed by atoms with Crippen molar-refractivity contribution in [3.63, 3.8) is 0 Å². The molecule has 0 fully saturated rings. The molecule has 0 spiro atoms. The zero-order valence-corrected chi connectivity index (χ0v) is 16.5. The van der Waals surface area contributed by atoms with Gasteiger partial charge in [-0.1, -0.05) is 98.8 Å². The smallest absolute Gasteiger partial charge is 0.0918 e. The molecular weight excluding hydrogens is 337 g/mol. The van der Waals surface area contributed by atoms with Crippen LogP contribution < -0.4 is 15.9 Å². The first kappa shape index (κ1) is 19.0. The van der Waals surface area contributed by atoms with E-state index in [0.717, 1.165) is 6.54 Å². The van der Waals surface area contributed by atoms with Crippen molar-refractivity contribution in [2.75, 3.05) is 13.2 Å². The SMILES string of the molecule is CC(C)[C@H](COP(c1ccccc1)c1ccccc1)NCC1C=CC=C1. The van der Waals surface area contributed by atoms with Gasteiger partial charge in [-0.3, -0.25) is 0 Å². The van der Waals surface area contributed by atoms with Crippen LogP contribution in [0.25, 0.3) is 0 Å². The standard InChI is InChI=1S/C23H28NOP/c1-19(2)23(24-17-20-11-9-10-12-20)18-25-26(21-13-5-3-6-14-21)22-15-7-4-8-16-22/h3-16,19-20,23-24H,17-18H2,1-2H3/t23-/m0/s1. The van der Waals surface area contributed by atoms with Crippen molar-refractivity contribution < 1.29 is 4.52 Å². The molecule has 2 aromatic rings. The highest BCUT2D eigenvalue weighted by Gasteiger charge is 2.20. The van der Waals surface area contributed by atoms with E-state index < -0.39 is 8.15 Å². The van der Waals surface area contributed by atoms with Gasteiger partial charge in [0.2, 0.25) is 0 Å². The van der Waals surface area contributed by atoms with Crippen LogP contribution in [-0.4, -0.2) is 19.2 Å². The molecule has 3 rings (SSSR count). The Bertz CT molecular complexity index is 660. The first-order valence-corrected chi connectivity index (χ1v) is 10.6. The average Bonchev–Trinajstić information content (AvgIpc) is 3.19. The normalized spacial score (nSPS) is 15.2. The fourth-order valence-corrected chi connectivity index (χ4v) is 4.76. The van der Waals surface area contributed by atoms with E-state index >= 15 is 0 Å². The molecule has 0 radical (unpaired) electrons. The molecule has 0 aromatic heterocycles. The quantitative estimate of drug-likeness (QED) is 0.665. The molecule has 0 aliphatic heterocycles. The van der Waals surface area contributed by atoms with Gasteiger partial charge >= 0.3 is 0 Å². The van der Waals surface area contributed by atoms with Crippen molar-refractivity contribution in [1.82, 2.24) is 5.32 Å². The lowest BCUT2D eigenvalue weighted by atomic mass is 10.0. The summed E-state index contributed by atoms with van der Waals surface area (Å²) in [5.74, 6) is 1.02. The Morgan fingerprint density at radius 1 is 0.885 bits per heavy atom. The predicted octanol–water partition coefficient (Wildman–Crippen LogP) is 4.41. The molecule has 2 aromatic carbocycles. The highest BCUT2D eigenvalue weighted by molar-refractivity contribution is 7.68. The van der Waals surface area contributed by atoms with Gasteiger partial charge in [0.05, 0.1) is 14.8 Å². The summed E-state index contributed by atoms with van der Waals surface area (Å²) >= 11 is 0. The monoisotopic (exact) mass is 365 g/mol. The Kier molecular flexibility index (Phi) is 7.20. The molecule has 3 heteroatoms. The van der Waals surface area contributed by atoms with E-state index in [9.17, 15) is 0 Å². The lowest BCUT2D eigenvalue weighted by molar-refractivity contribution is 0.250. The van der Waals surface area contributed by atoms with Gasteiger partial charge in [-0.15, -0.1) is 0 Å². The van der Waals surface area contributed by atoms with Crippen LogP contribution in [0.1, 0.15) is 13.8 Å². The molecule has 0 heterocycles. The van der Waals surface area contributed by atoms with Gasteiger partial charge in [0, 0.05) is 29.1 Å². The summed E-state index contributed by atoms with van der Waals surface area (Å²) in [5.41, 5.74) is 0. The van der Waals surface area contributed by atoms with Crippen LogP contribution in [0.2, 0.25) is 0 Å². The van der Waals surface area contributed by atoms with Gasteiger partial charge in [-0.2, -0.15) is 0 Å². The van der Waals surface area contributed by atoms with E-state index in [0.29, 0.717) is 24.5 Å². The van der Waals surface area contributed by atoms with E-state index in [-0.39, 0.29) is 0 Å². The summed E-state index contributed by atoms with van der Waals surface area (Å²) < 4.78 is 6.52. The molecule has 1 atom stereocenters. The summed E-state index contributed by atoms with van der Waals surface area (Å²) in [5, 5.41) is 6.23. The Morgan fingerprint density at radius 2 is 1.42 bits per heavy atom. The van der Waals surface area contributed by atoms with Crippen molar-refractivity contribution in [3.05, 3.63) is 85.0 Å². The predicted molar refractivity (Wildman–Crippen MR) is 113 cm³/mol. The Labute approximate surface area is 158 Å². The maximum Gasteiger partial charge on any atom is 0.0918 e. The van der Waals surface area contributed by atoms with E-state index in [1.54, 1.807) is 0 Å². The van der Waals surface area contributed by atoms with E-state index in [1.807, 2.05) is 0 Å². The lowest BCUT2D eigenvalue weighted by Gasteiger charge is -2.26. The largest absolute Gasteiger partial charge is 0.348 e. The summed E-state index contributed by atoms with van der Waals surface area (Å²) in [7, 11) is -0.797. The van der Waals surface area contributed by atoms with Crippen LogP contribution in [0.5, 0.6) is 0 Å². The number of allylic oxidation sites excluding steroid dienone is 2. The number of rotatable bonds is 9. The second kappa shape index (κ2) is 9.83. The summed E-state index contributed by atoms with van der Waals surface area (Å²) in [6, 6.07) is 21.5. The van der Waals surface area contributed by atoms with Gasteiger partial charge in [-0.05, 0) is 5.92 Å². The van der Waals surface area contributed by atoms with Crippen LogP contribution in [-0.2, 0) is 4.52 Å². The van der Waals surface area contributed by atoms with Crippen molar-refractivity contribution >= 4 is 18.8 Å². The highest BCUT2D eigenvalue weighted by Crippen LogP contribution is 2.35. The highest BCUT2D eigenvalue weighted by atomic mass is 31.1. The molecule has 1 N–H and O–H groups in total. The van der Waals surface area contributed by atoms with E-state index in [2.05, 4.69) is 104 Å². The maximum atomic E-state index is 6.52. The zero-order chi connectivity index (χ0) is 18.2. The average molecular weight is 365 g/mol. The second-order valence-corrected chi connectivity index (χ2v) is 8.83. The van der Waals surface area contributed by atoms with Gasteiger partial charge < -0.3 is 9.84 Å². The van der Waals surface area contributed by atoms with Crippen molar-refractivity contribution in [2.24, 2.45) is 11.8 Å². The van der Waals surface area contributed by atoms with Gasteiger partial charge in [0.25, 0.3) is 0 Å². The molecule has 0 saturated carbocycles. The molecule has 1 aliphatic carbocycles. The third-order valence-electron chi connectivity index (χ3n) is 4.61. The number of benzene rings is 2. The molecule has 0 unspecified atom stereocenters. The van der Waals surface area contributed by atoms with Crippen LogP contribution >= 0.6 is 8.15 Å². The van der Waals surface area contributed by atoms with Crippen LogP contribution in [0.3, 0.4) is 0 Å². The number of nitrogens with one attached hydrogen (secondary N) is 1. The third-order valence-corrected chi connectivity index (χ3v) is 6.55. The number of hydrogen-bond acceptors (Lipinski definition) is 2. The molecule has 0 amide bonds. The molecular formula is C23H28NOP. The molecule has 0 bridgehead atoms. The van der Waals surface area contributed by atoms with Crippen LogP contribution in [0.4, 0.5) is 0 Å². The fraction of sp³-hybridized carbons (Fsp3) is 0.304. The minimum Gasteiger partial charge on any atom is -0.348 e. The minimum absolute atomic E-state index is 0.342. The first-order valence-electron chi connectivity index (χ1n) is 9.35. The summed E-state index contributed by atoms with van der Waals surface area (Å²) in [4.78, 5) is 0.